The molecule has 0 bridgehead atoms. The van der Waals surface area contributed by atoms with Crippen LogP contribution in [0.5, 0.6) is 5.75 Å². The number of hydrogen-bond acceptors (Lipinski definition) is 3. The fraction of sp³-hybridized carbons (Fsp3) is 0.250. The van der Waals surface area contributed by atoms with Crippen LogP contribution in [0.3, 0.4) is 0 Å². The third-order valence-corrected chi connectivity index (χ3v) is 3.28. The predicted molar refractivity (Wildman–Crippen MR) is 65.6 cm³/mol. The van der Waals surface area contributed by atoms with Crippen LogP contribution in [-0.4, -0.2) is 21.4 Å². The number of phenols is 1. The second-order valence-electron chi connectivity index (χ2n) is 4.07. The Morgan fingerprint density at radius 1 is 1.29 bits per heavy atom. The number of phenolic OH excluding ortho intramolecular Hbond substituents is 1. The molecule has 2 N–H and O–H groups in total. The normalized spacial score (nSPS) is 14.6. The zero-order chi connectivity index (χ0) is 11.8. The van der Waals surface area contributed by atoms with Crippen molar-refractivity contribution < 1.29 is 5.11 Å². The first-order chi connectivity index (χ1) is 8.25. The molecule has 0 radical (unpaired) electrons. The number of aromatic hydroxyl groups is 1. The minimum absolute atomic E-state index is 0.249. The topological polar surface area (TPSA) is 50.1 Å². The summed E-state index contributed by atoms with van der Waals surface area (Å²) >= 11 is 6.13. The number of aromatic nitrogens is 2. The third kappa shape index (κ3) is 1.79. The Balaban J connectivity index is 2.11. The van der Waals surface area contributed by atoms with Crippen LogP contribution < -0.4 is 5.32 Å². The second kappa shape index (κ2) is 4.05. The standard InChI is InChI=1S/C12H12ClN3O/c13-12-10-5-6-14-7-11(10)16(15-12)8-1-3-9(17)4-2-8/h1-4,14,17H,5-7H2. The Kier molecular flexibility index (Phi) is 2.53. The van der Waals surface area contributed by atoms with Crippen LogP contribution in [0.25, 0.3) is 5.69 Å². The Bertz CT molecular complexity index is 548. The van der Waals surface area contributed by atoms with Crippen molar-refractivity contribution in [1.82, 2.24) is 15.1 Å². The SMILES string of the molecule is Oc1ccc(-n2nc(Cl)c3c2CNCC3)cc1. The molecule has 1 aliphatic rings. The maximum absolute atomic E-state index is 9.28. The van der Waals surface area contributed by atoms with Gasteiger partial charge in [0.25, 0.3) is 0 Å². The summed E-state index contributed by atoms with van der Waals surface area (Å²) in [6.07, 6.45) is 0.909. The van der Waals surface area contributed by atoms with Crippen LogP contribution in [0.1, 0.15) is 11.3 Å². The number of halogens is 1. The summed E-state index contributed by atoms with van der Waals surface area (Å²) in [5, 5.41) is 17.5. The van der Waals surface area contributed by atoms with Gasteiger partial charge < -0.3 is 10.4 Å². The lowest BCUT2D eigenvalue weighted by molar-refractivity contribution is 0.475. The molecular formula is C12H12ClN3O. The number of fused-ring (bicyclic) bond motifs is 1. The van der Waals surface area contributed by atoms with Crippen LogP contribution >= 0.6 is 11.6 Å². The Morgan fingerprint density at radius 2 is 2.06 bits per heavy atom. The van der Waals surface area contributed by atoms with Gasteiger partial charge in [0.2, 0.25) is 0 Å². The van der Waals surface area contributed by atoms with Crippen molar-refractivity contribution in [2.24, 2.45) is 0 Å². The molecule has 2 heterocycles. The number of benzene rings is 1. The highest BCUT2D eigenvalue weighted by molar-refractivity contribution is 6.30. The average molecular weight is 250 g/mol. The summed E-state index contributed by atoms with van der Waals surface area (Å²) in [4.78, 5) is 0. The molecule has 0 unspecified atom stereocenters. The van der Waals surface area contributed by atoms with E-state index in [1.807, 2.05) is 16.8 Å². The fourth-order valence-electron chi connectivity index (χ4n) is 2.11. The number of rotatable bonds is 1. The van der Waals surface area contributed by atoms with Crippen LogP contribution in [-0.2, 0) is 13.0 Å². The lowest BCUT2D eigenvalue weighted by Crippen LogP contribution is -2.25. The van der Waals surface area contributed by atoms with E-state index in [-0.39, 0.29) is 5.75 Å². The molecule has 1 aliphatic heterocycles. The molecule has 2 aromatic rings. The number of nitrogens with one attached hydrogen (secondary N) is 1. The van der Waals surface area contributed by atoms with E-state index in [0.29, 0.717) is 5.15 Å². The average Bonchev–Trinajstić information content (AvgIpc) is 2.69. The van der Waals surface area contributed by atoms with E-state index in [1.54, 1.807) is 12.1 Å². The van der Waals surface area contributed by atoms with Gasteiger partial charge in [-0.25, -0.2) is 4.68 Å². The van der Waals surface area contributed by atoms with Crippen molar-refractivity contribution in [3.63, 3.8) is 0 Å². The number of hydrogen-bond donors (Lipinski definition) is 2. The molecule has 0 aliphatic carbocycles. The van der Waals surface area contributed by atoms with Crippen LogP contribution in [0.15, 0.2) is 24.3 Å². The summed E-state index contributed by atoms with van der Waals surface area (Å²) in [6.45, 7) is 1.71. The van der Waals surface area contributed by atoms with Crippen molar-refractivity contribution in [2.45, 2.75) is 13.0 Å². The largest absolute Gasteiger partial charge is 0.508 e. The molecule has 0 fully saturated rings. The Hall–Kier alpha value is -1.52. The molecule has 3 rings (SSSR count). The number of nitrogens with zero attached hydrogens (tertiary/aromatic N) is 2. The summed E-state index contributed by atoms with van der Waals surface area (Å²) < 4.78 is 1.84. The molecular weight excluding hydrogens is 238 g/mol. The Labute approximate surface area is 104 Å². The van der Waals surface area contributed by atoms with Gasteiger partial charge in [0.15, 0.2) is 5.15 Å². The zero-order valence-corrected chi connectivity index (χ0v) is 9.91. The molecule has 0 spiro atoms. The first-order valence-electron chi connectivity index (χ1n) is 5.52. The fourth-order valence-corrected chi connectivity index (χ4v) is 2.39. The van der Waals surface area contributed by atoms with Crippen LogP contribution in [0.4, 0.5) is 0 Å². The van der Waals surface area contributed by atoms with Gasteiger partial charge in [0, 0.05) is 12.1 Å². The van der Waals surface area contributed by atoms with Crippen LogP contribution in [0, 0.1) is 0 Å². The van der Waals surface area contributed by atoms with Gasteiger partial charge >= 0.3 is 0 Å². The van der Waals surface area contributed by atoms with Crippen molar-refractivity contribution >= 4 is 11.6 Å². The van der Waals surface area contributed by atoms with Crippen molar-refractivity contribution in [3.05, 3.63) is 40.7 Å². The molecule has 1 aromatic carbocycles. The lowest BCUT2D eigenvalue weighted by Gasteiger charge is -2.15. The maximum Gasteiger partial charge on any atom is 0.155 e. The van der Waals surface area contributed by atoms with Gasteiger partial charge in [-0.1, -0.05) is 11.6 Å². The highest BCUT2D eigenvalue weighted by Gasteiger charge is 2.19. The molecule has 0 saturated carbocycles. The van der Waals surface area contributed by atoms with E-state index in [4.69, 9.17) is 11.6 Å². The highest BCUT2D eigenvalue weighted by Crippen LogP contribution is 2.25. The summed E-state index contributed by atoms with van der Waals surface area (Å²) in [6, 6.07) is 6.95. The summed E-state index contributed by atoms with van der Waals surface area (Å²) in [5.41, 5.74) is 3.14. The van der Waals surface area contributed by atoms with Gasteiger partial charge in [-0.15, -0.1) is 0 Å². The van der Waals surface area contributed by atoms with Crippen molar-refractivity contribution in [2.75, 3.05) is 6.54 Å². The van der Waals surface area contributed by atoms with E-state index < -0.39 is 0 Å². The first-order valence-corrected chi connectivity index (χ1v) is 5.90. The van der Waals surface area contributed by atoms with Crippen molar-refractivity contribution in [1.29, 1.82) is 0 Å². The molecule has 0 atom stereocenters. The van der Waals surface area contributed by atoms with E-state index >= 15 is 0 Å². The van der Waals surface area contributed by atoms with Gasteiger partial charge in [0.05, 0.1) is 11.4 Å². The maximum atomic E-state index is 9.28. The van der Waals surface area contributed by atoms with Gasteiger partial charge in [-0.05, 0) is 37.2 Å². The first kappa shape index (κ1) is 10.6. The molecule has 88 valence electrons. The second-order valence-corrected chi connectivity index (χ2v) is 4.43. The monoisotopic (exact) mass is 249 g/mol. The highest BCUT2D eigenvalue weighted by atomic mass is 35.5. The lowest BCUT2D eigenvalue weighted by atomic mass is 10.1. The molecule has 0 saturated heterocycles. The minimum atomic E-state index is 0.249. The van der Waals surface area contributed by atoms with E-state index in [9.17, 15) is 5.11 Å². The van der Waals surface area contributed by atoms with Gasteiger partial charge in [-0.2, -0.15) is 5.10 Å². The molecule has 4 nitrogen and oxygen atoms in total. The predicted octanol–water partition coefficient (Wildman–Crippen LogP) is 1.88. The zero-order valence-electron chi connectivity index (χ0n) is 9.15. The van der Waals surface area contributed by atoms with E-state index in [1.165, 1.54) is 0 Å². The molecule has 5 heteroatoms. The minimum Gasteiger partial charge on any atom is -0.508 e. The van der Waals surface area contributed by atoms with Crippen molar-refractivity contribution in [3.8, 4) is 11.4 Å². The van der Waals surface area contributed by atoms with Gasteiger partial charge in [0.1, 0.15) is 5.75 Å². The molecule has 1 aromatic heterocycles. The third-order valence-electron chi connectivity index (χ3n) is 2.98. The van der Waals surface area contributed by atoms with Crippen LogP contribution in [0.2, 0.25) is 5.15 Å². The van der Waals surface area contributed by atoms with Gasteiger partial charge in [-0.3, -0.25) is 0 Å². The van der Waals surface area contributed by atoms with E-state index in [2.05, 4.69) is 10.4 Å². The smallest absolute Gasteiger partial charge is 0.155 e. The Morgan fingerprint density at radius 3 is 2.82 bits per heavy atom. The molecule has 0 amide bonds. The summed E-state index contributed by atoms with van der Waals surface area (Å²) in [7, 11) is 0. The summed E-state index contributed by atoms with van der Waals surface area (Å²) in [5.74, 6) is 0.249. The quantitative estimate of drug-likeness (QED) is 0.811. The van der Waals surface area contributed by atoms with E-state index in [0.717, 1.165) is 36.5 Å². The molecule has 17 heavy (non-hydrogen) atoms.